The van der Waals surface area contributed by atoms with E-state index in [-0.39, 0.29) is 11.5 Å². The zero-order valence-electron chi connectivity index (χ0n) is 26.2. The van der Waals surface area contributed by atoms with E-state index in [2.05, 4.69) is 35.8 Å². The molecule has 0 atom stereocenters. The molecule has 0 aliphatic rings. The fourth-order valence-corrected chi connectivity index (χ4v) is 5.80. The number of hydrogen-bond donors (Lipinski definition) is 0. The number of halogens is 2. The minimum Gasteiger partial charge on any atom is -0.496 e. The van der Waals surface area contributed by atoms with Gasteiger partial charge < -0.3 is 14.2 Å². The molecule has 45 heavy (non-hydrogen) atoms. The first-order valence-corrected chi connectivity index (χ1v) is 15.9. The van der Waals surface area contributed by atoms with E-state index in [1.54, 1.807) is 25.5 Å². The lowest BCUT2D eigenvalue weighted by Crippen LogP contribution is -2.21. The van der Waals surface area contributed by atoms with Crippen LogP contribution in [0.5, 0.6) is 17.2 Å². The average molecular weight is 689 g/mol. The smallest absolute Gasteiger partial charge is 0.282 e. The van der Waals surface area contributed by atoms with Gasteiger partial charge in [0.2, 0.25) is 0 Å². The Morgan fingerprint density at radius 3 is 2.51 bits per heavy atom. The number of benzene rings is 4. The summed E-state index contributed by atoms with van der Waals surface area (Å²) in [6, 6.07) is 21.1. The Labute approximate surface area is 276 Å². The Kier molecular flexibility index (Phi) is 9.95. The fraction of sp³-hybridized carbons (Fsp3) is 0.250. The number of methoxy groups -OCH3 is 1. The highest BCUT2D eigenvalue weighted by Crippen LogP contribution is 2.43. The lowest BCUT2D eigenvalue weighted by atomic mass is 9.96. The lowest BCUT2D eigenvalue weighted by molar-refractivity contribution is 0.269. The molecule has 1 aromatic heterocycles. The van der Waals surface area contributed by atoms with E-state index in [0.29, 0.717) is 56.5 Å². The maximum Gasteiger partial charge on any atom is 0.282 e. The van der Waals surface area contributed by atoms with Gasteiger partial charge in [-0.25, -0.2) is 4.98 Å². The monoisotopic (exact) mass is 687 g/mol. The van der Waals surface area contributed by atoms with E-state index in [1.807, 2.05) is 69.3 Å². The minimum atomic E-state index is -0.293. The predicted octanol–water partition coefficient (Wildman–Crippen LogP) is 9.09. The summed E-state index contributed by atoms with van der Waals surface area (Å²) in [5, 5.41) is 5.50. The summed E-state index contributed by atoms with van der Waals surface area (Å²) >= 11 is 10.5. The van der Waals surface area contributed by atoms with Gasteiger partial charge in [-0.2, -0.15) is 9.78 Å². The van der Waals surface area contributed by atoms with Crippen molar-refractivity contribution in [2.45, 2.75) is 47.1 Å². The third-order valence-electron chi connectivity index (χ3n) is 7.43. The SMILES string of the molecule is CCOc1cc(C=Nn2c(-c3cc(C(C)C)c(OC)cc3C)nc3ccccc3c2=O)c(Br)c(Cl)c1OCc1cccc(C)c1. The van der Waals surface area contributed by atoms with E-state index in [4.69, 9.17) is 35.9 Å². The average Bonchev–Trinajstić information content (AvgIpc) is 3.02. The van der Waals surface area contributed by atoms with Crippen LogP contribution in [0.15, 0.2) is 81.1 Å². The molecule has 0 unspecified atom stereocenters. The molecule has 1 heterocycles. The Bertz CT molecular complexity index is 1970. The molecule has 0 radical (unpaired) electrons. The molecule has 0 N–H and O–H groups in total. The summed E-state index contributed by atoms with van der Waals surface area (Å²) in [7, 11) is 1.66. The van der Waals surface area contributed by atoms with Gasteiger partial charge in [-0.1, -0.05) is 67.4 Å². The van der Waals surface area contributed by atoms with Gasteiger partial charge in [0.05, 0.1) is 30.8 Å². The van der Waals surface area contributed by atoms with Crippen LogP contribution in [-0.4, -0.2) is 29.6 Å². The highest BCUT2D eigenvalue weighted by Gasteiger charge is 2.20. The van der Waals surface area contributed by atoms with Crippen LogP contribution in [0.25, 0.3) is 22.3 Å². The van der Waals surface area contributed by atoms with Crippen LogP contribution in [-0.2, 0) is 6.61 Å². The van der Waals surface area contributed by atoms with E-state index < -0.39 is 0 Å². The molecule has 0 amide bonds. The van der Waals surface area contributed by atoms with Crippen LogP contribution in [0.2, 0.25) is 5.02 Å². The van der Waals surface area contributed by atoms with Crippen LogP contribution in [0.4, 0.5) is 0 Å². The van der Waals surface area contributed by atoms with E-state index in [0.717, 1.165) is 33.6 Å². The molecule has 232 valence electrons. The van der Waals surface area contributed by atoms with Crippen LogP contribution in [0, 0.1) is 13.8 Å². The zero-order chi connectivity index (χ0) is 32.2. The molecular weight excluding hydrogens is 654 g/mol. The van der Waals surface area contributed by atoms with Crippen molar-refractivity contribution in [2.75, 3.05) is 13.7 Å². The second-order valence-corrected chi connectivity index (χ2v) is 12.2. The van der Waals surface area contributed by atoms with Crippen molar-refractivity contribution in [3.05, 3.63) is 114 Å². The summed E-state index contributed by atoms with van der Waals surface area (Å²) in [4.78, 5) is 18.8. The molecule has 5 rings (SSSR count). The zero-order valence-corrected chi connectivity index (χ0v) is 28.5. The molecule has 0 saturated carbocycles. The normalized spacial score (nSPS) is 11.5. The Balaban J connectivity index is 1.63. The van der Waals surface area contributed by atoms with Crippen molar-refractivity contribution in [3.63, 3.8) is 0 Å². The second kappa shape index (κ2) is 13.9. The maximum atomic E-state index is 13.9. The van der Waals surface area contributed by atoms with E-state index >= 15 is 0 Å². The van der Waals surface area contributed by atoms with Crippen LogP contribution in [0.1, 0.15) is 54.5 Å². The number of hydrogen-bond acceptors (Lipinski definition) is 6. The van der Waals surface area contributed by atoms with Gasteiger partial charge in [-0.3, -0.25) is 4.79 Å². The fourth-order valence-electron chi connectivity index (χ4n) is 5.15. The second-order valence-electron chi connectivity index (χ2n) is 11.0. The molecule has 0 spiro atoms. The van der Waals surface area contributed by atoms with Crippen molar-refractivity contribution in [1.29, 1.82) is 0 Å². The molecule has 0 aliphatic carbocycles. The van der Waals surface area contributed by atoms with Gasteiger partial charge in [0, 0.05) is 15.6 Å². The quantitative estimate of drug-likeness (QED) is 0.137. The molecular formula is C36H35BrClN3O4. The summed E-state index contributed by atoms with van der Waals surface area (Å²) in [5.74, 6) is 2.28. The van der Waals surface area contributed by atoms with Crippen LogP contribution < -0.4 is 19.8 Å². The first kappa shape index (κ1) is 32.3. The third-order valence-corrected chi connectivity index (χ3v) is 8.87. The number of para-hydroxylation sites is 1. The lowest BCUT2D eigenvalue weighted by Gasteiger charge is -2.18. The van der Waals surface area contributed by atoms with Crippen molar-refractivity contribution >= 4 is 44.6 Å². The number of rotatable bonds is 10. The third kappa shape index (κ3) is 6.77. The Hall–Kier alpha value is -4.14. The number of nitrogens with zero attached hydrogens (tertiary/aromatic N) is 3. The largest absolute Gasteiger partial charge is 0.496 e. The van der Waals surface area contributed by atoms with Crippen LogP contribution >= 0.6 is 27.5 Å². The van der Waals surface area contributed by atoms with Crippen LogP contribution in [0.3, 0.4) is 0 Å². The first-order chi connectivity index (χ1) is 21.6. The molecule has 5 aromatic rings. The first-order valence-electron chi connectivity index (χ1n) is 14.7. The number of ether oxygens (including phenoxy) is 3. The summed E-state index contributed by atoms with van der Waals surface area (Å²) in [6.45, 7) is 10.8. The molecule has 0 bridgehead atoms. The van der Waals surface area contributed by atoms with Gasteiger partial charge in [0.25, 0.3) is 5.56 Å². The Morgan fingerprint density at radius 2 is 1.80 bits per heavy atom. The highest BCUT2D eigenvalue weighted by molar-refractivity contribution is 9.10. The molecule has 0 aliphatic heterocycles. The van der Waals surface area contributed by atoms with Crippen molar-refractivity contribution in [1.82, 2.24) is 9.66 Å². The summed E-state index contributed by atoms with van der Waals surface area (Å²) in [5.41, 5.74) is 5.75. The highest BCUT2D eigenvalue weighted by atomic mass is 79.9. The van der Waals surface area contributed by atoms with Gasteiger partial charge in [-0.15, -0.1) is 0 Å². The number of aromatic nitrogens is 2. The van der Waals surface area contributed by atoms with Crippen molar-refractivity contribution in [3.8, 4) is 28.6 Å². The van der Waals surface area contributed by atoms with Gasteiger partial charge in [0.15, 0.2) is 17.3 Å². The van der Waals surface area contributed by atoms with Crippen molar-refractivity contribution in [2.24, 2.45) is 5.10 Å². The molecule has 9 heteroatoms. The molecule has 0 saturated heterocycles. The molecule has 7 nitrogen and oxygen atoms in total. The molecule has 0 fully saturated rings. The minimum absolute atomic E-state index is 0.185. The van der Waals surface area contributed by atoms with Gasteiger partial charge >= 0.3 is 0 Å². The predicted molar refractivity (Wildman–Crippen MR) is 186 cm³/mol. The Morgan fingerprint density at radius 1 is 1.02 bits per heavy atom. The van der Waals surface area contributed by atoms with E-state index in [9.17, 15) is 4.79 Å². The topological polar surface area (TPSA) is 74.9 Å². The summed E-state index contributed by atoms with van der Waals surface area (Å²) in [6.07, 6.45) is 1.58. The van der Waals surface area contributed by atoms with Gasteiger partial charge in [-0.05, 0) is 89.6 Å². The summed E-state index contributed by atoms with van der Waals surface area (Å²) < 4.78 is 19.7. The number of fused-ring (bicyclic) bond motifs is 1. The molecule has 4 aromatic carbocycles. The van der Waals surface area contributed by atoms with E-state index in [1.165, 1.54) is 4.68 Å². The van der Waals surface area contributed by atoms with Gasteiger partial charge in [0.1, 0.15) is 17.4 Å². The van der Waals surface area contributed by atoms with Crippen molar-refractivity contribution < 1.29 is 14.2 Å². The maximum absolute atomic E-state index is 13.9. The number of aryl methyl sites for hydroxylation is 2. The standard InChI is InChI=1S/C36H35BrClN3O4/c1-7-44-31-17-25(32(37)33(38)34(31)45-20-24-12-10-11-22(4)15-24)19-39-41-35(40-29-14-9-8-13-26(29)36(41)42)28-18-27(21(2)3)30(43-6)16-23(28)5/h8-19,21H,7,20H2,1-6H3.